The first-order chi connectivity index (χ1) is 8.96. The van der Waals surface area contributed by atoms with Gasteiger partial charge in [0.25, 0.3) is 5.91 Å². The molecule has 1 aromatic rings. The third kappa shape index (κ3) is 3.91. The SMILES string of the molecule is CC(C)(C)NC(=O)c1cnc(N2CCCCC2)cn1. The lowest BCUT2D eigenvalue weighted by Gasteiger charge is -2.27. The van der Waals surface area contributed by atoms with Crippen LogP contribution in [0.1, 0.15) is 50.5 Å². The Labute approximate surface area is 114 Å². The highest BCUT2D eigenvalue weighted by molar-refractivity contribution is 5.92. The van der Waals surface area contributed by atoms with E-state index in [0.717, 1.165) is 18.9 Å². The molecule has 0 aromatic carbocycles. The van der Waals surface area contributed by atoms with E-state index in [1.54, 1.807) is 12.4 Å². The lowest BCUT2D eigenvalue weighted by atomic mass is 10.1. The fourth-order valence-corrected chi connectivity index (χ4v) is 2.13. The summed E-state index contributed by atoms with van der Waals surface area (Å²) in [5.74, 6) is 0.692. The van der Waals surface area contributed by atoms with Crippen molar-refractivity contribution in [3.63, 3.8) is 0 Å². The van der Waals surface area contributed by atoms with E-state index in [-0.39, 0.29) is 11.4 Å². The zero-order chi connectivity index (χ0) is 13.9. The molecule has 0 radical (unpaired) electrons. The number of nitrogens with zero attached hydrogens (tertiary/aromatic N) is 3. The second kappa shape index (κ2) is 5.55. The molecule has 0 spiro atoms. The highest BCUT2D eigenvalue weighted by atomic mass is 16.2. The van der Waals surface area contributed by atoms with Gasteiger partial charge in [0.05, 0.1) is 12.4 Å². The van der Waals surface area contributed by atoms with E-state index in [4.69, 9.17) is 0 Å². The van der Waals surface area contributed by atoms with Crippen molar-refractivity contribution in [2.45, 2.75) is 45.6 Å². The number of carbonyl (C=O) groups excluding carboxylic acids is 1. The fraction of sp³-hybridized carbons (Fsp3) is 0.643. The molecular formula is C14H22N4O. The number of aromatic nitrogens is 2. The normalized spacial score (nSPS) is 16.3. The van der Waals surface area contributed by atoms with Crippen LogP contribution in [0.3, 0.4) is 0 Å². The summed E-state index contributed by atoms with van der Waals surface area (Å²) in [5, 5.41) is 2.88. The molecule has 2 rings (SSSR count). The zero-order valence-electron chi connectivity index (χ0n) is 11.9. The van der Waals surface area contributed by atoms with Gasteiger partial charge in [-0.3, -0.25) is 4.79 Å². The first-order valence-corrected chi connectivity index (χ1v) is 6.85. The first kappa shape index (κ1) is 13.8. The van der Waals surface area contributed by atoms with Crippen LogP contribution in [0.2, 0.25) is 0 Å². The number of rotatable bonds is 2. The van der Waals surface area contributed by atoms with Crippen LogP contribution in [0.4, 0.5) is 5.82 Å². The van der Waals surface area contributed by atoms with Crippen LogP contribution in [0.15, 0.2) is 12.4 Å². The molecule has 0 bridgehead atoms. The van der Waals surface area contributed by atoms with Gasteiger partial charge in [-0.1, -0.05) is 0 Å². The van der Waals surface area contributed by atoms with Crippen LogP contribution in [-0.4, -0.2) is 34.5 Å². The maximum atomic E-state index is 11.9. The van der Waals surface area contributed by atoms with E-state index in [1.807, 2.05) is 20.8 Å². The molecule has 104 valence electrons. The number of carbonyl (C=O) groups is 1. The van der Waals surface area contributed by atoms with Gasteiger partial charge in [0.15, 0.2) is 0 Å². The summed E-state index contributed by atoms with van der Waals surface area (Å²) in [5.41, 5.74) is 0.111. The lowest BCUT2D eigenvalue weighted by Crippen LogP contribution is -2.41. The third-order valence-corrected chi connectivity index (χ3v) is 3.04. The molecular weight excluding hydrogens is 240 g/mol. The summed E-state index contributed by atoms with van der Waals surface area (Å²) in [4.78, 5) is 22.7. The van der Waals surface area contributed by atoms with Crippen LogP contribution in [0.25, 0.3) is 0 Å². The van der Waals surface area contributed by atoms with Gasteiger partial charge in [0.1, 0.15) is 11.5 Å². The van der Waals surface area contributed by atoms with Crippen LogP contribution in [0, 0.1) is 0 Å². The molecule has 5 nitrogen and oxygen atoms in total. The predicted molar refractivity (Wildman–Crippen MR) is 75.3 cm³/mol. The summed E-state index contributed by atoms with van der Waals surface area (Å²) in [6.45, 7) is 7.89. The number of amides is 1. The third-order valence-electron chi connectivity index (χ3n) is 3.04. The average molecular weight is 262 g/mol. The lowest BCUT2D eigenvalue weighted by molar-refractivity contribution is 0.0914. The average Bonchev–Trinajstić information content (AvgIpc) is 2.38. The minimum Gasteiger partial charge on any atom is -0.355 e. The summed E-state index contributed by atoms with van der Waals surface area (Å²) in [7, 11) is 0. The van der Waals surface area contributed by atoms with E-state index in [2.05, 4.69) is 20.2 Å². The zero-order valence-corrected chi connectivity index (χ0v) is 11.9. The highest BCUT2D eigenvalue weighted by Crippen LogP contribution is 2.16. The Morgan fingerprint density at radius 1 is 1.16 bits per heavy atom. The molecule has 0 atom stereocenters. The van der Waals surface area contributed by atoms with E-state index < -0.39 is 0 Å². The van der Waals surface area contributed by atoms with Crippen molar-refractivity contribution < 1.29 is 4.79 Å². The maximum absolute atomic E-state index is 11.9. The molecule has 1 N–H and O–H groups in total. The van der Waals surface area contributed by atoms with Crippen LogP contribution >= 0.6 is 0 Å². The van der Waals surface area contributed by atoms with Crippen molar-refractivity contribution in [1.82, 2.24) is 15.3 Å². The van der Waals surface area contributed by atoms with E-state index in [0.29, 0.717) is 5.69 Å². The Morgan fingerprint density at radius 2 is 1.84 bits per heavy atom. The molecule has 0 aliphatic carbocycles. The number of anilines is 1. The van der Waals surface area contributed by atoms with Gasteiger partial charge < -0.3 is 10.2 Å². The van der Waals surface area contributed by atoms with Crippen molar-refractivity contribution in [2.24, 2.45) is 0 Å². The molecule has 1 saturated heterocycles. The van der Waals surface area contributed by atoms with Crippen molar-refractivity contribution >= 4 is 11.7 Å². The molecule has 5 heteroatoms. The first-order valence-electron chi connectivity index (χ1n) is 6.85. The van der Waals surface area contributed by atoms with Gasteiger partial charge in [-0.25, -0.2) is 9.97 Å². The van der Waals surface area contributed by atoms with Gasteiger partial charge in [-0.05, 0) is 40.0 Å². The largest absolute Gasteiger partial charge is 0.355 e. The van der Waals surface area contributed by atoms with Gasteiger partial charge in [-0.15, -0.1) is 0 Å². The van der Waals surface area contributed by atoms with Gasteiger partial charge in [0, 0.05) is 18.6 Å². The van der Waals surface area contributed by atoms with Crippen molar-refractivity contribution in [1.29, 1.82) is 0 Å². The summed E-state index contributed by atoms with van der Waals surface area (Å²) in [6, 6.07) is 0. The van der Waals surface area contributed by atoms with E-state index >= 15 is 0 Å². The number of piperidine rings is 1. The van der Waals surface area contributed by atoms with E-state index in [9.17, 15) is 4.79 Å². The Hall–Kier alpha value is -1.65. The molecule has 19 heavy (non-hydrogen) atoms. The Balaban J connectivity index is 2.03. The van der Waals surface area contributed by atoms with Crippen LogP contribution in [0.5, 0.6) is 0 Å². The molecule has 1 aromatic heterocycles. The molecule has 1 fully saturated rings. The molecule has 1 amide bonds. The number of nitrogens with one attached hydrogen (secondary N) is 1. The van der Waals surface area contributed by atoms with Crippen LogP contribution < -0.4 is 10.2 Å². The highest BCUT2D eigenvalue weighted by Gasteiger charge is 2.17. The fourth-order valence-electron chi connectivity index (χ4n) is 2.13. The quantitative estimate of drug-likeness (QED) is 0.885. The minimum absolute atomic E-state index is 0.176. The van der Waals surface area contributed by atoms with Crippen molar-refractivity contribution in [2.75, 3.05) is 18.0 Å². The van der Waals surface area contributed by atoms with Crippen molar-refractivity contribution in [3.05, 3.63) is 18.1 Å². The second-order valence-corrected chi connectivity index (χ2v) is 6.01. The minimum atomic E-state index is -0.260. The summed E-state index contributed by atoms with van der Waals surface area (Å²) in [6.07, 6.45) is 6.95. The Morgan fingerprint density at radius 3 is 2.37 bits per heavy atom. The molecule has 2 heterocycles. The van der Waals surface area contributed by atoms with Crippen LogP contribution in [-0.2, 0) is 0 Å². The van der Waals surface area contributed by atoms with Crippen molar-refractivity contribution in [3.8, 4) is 0 Å². The van der Waals surface area contributed by atoms with E-state index in [1.165, 1.54) is 19.3 Å². The Bertz CT molecular complexity index is 430. The molecule has 1 aliphatic heterocycles. The smallest absolute Gasteiger partial charge is 0.271 e. The topological polar surface area (TPSA) is 58.1 Å². The molecule has 1 aliphatic rings. The number of hydrogen-bond donors (Lipinski definition) is 1. The Kier molecular flexibility index (Phi) is 4.02. The molecule has 0 saturated carbocycles. The van der Waals surface area contributed by atoms with Gasteiger partial charge in [-0.2, -0.15) is 0 Å². The standard InChI is InChI=1S/C14H22N4O/c1-14(2,3)17-13(19)11-9-16-12(10-15-11)18-7-5-4-6-8-18/h9-10H,4-8H2,1-3H3,(H,17,19). The molecule has 0 unspecified atom stereocenters. The monoisotopic (exact) mass is 262 g/mol. The second-order valence-electron chi connectivity index (χ2n) is 6.01. The van der Waals surface area contributed by atoms with Gasteiger partial charge in [0.2, 0.25) is 0 Å². The number of hydrogen-bond acceptors (Lipinski definition) is 4. The summed E-state index contributed by atoms with van der Waals surface area (Å²) < 4.78 is 0. The van der Waals surface area contributed by atoms with Gasteiger partial charge >= 0.3 is 0 Å². The summed E-state index contributed by atoms with van der Waals surface area (Å²) >= 11 is 0. The predicted octanol–water partition coefficient (Wildman–Crippen LogP) is 2.00. The maximum Gasteiger partial charge on any atom is 0.271 e.